The molecule has 2 heterocycles. The van der Waals surface area contributed by atoms with Crippen molar-refractivity contribution < 1.29 is 9.21 Å². The van der Waals surface area contributed by atoms with E-state index in [2.05, 4.69) is 15.9 Å². The number of benzene rings is 1. The van der Waals surface area contributed by atoms with E-state index in [9.17, 15) is 4.79 Å². The number of hydrogen-bond donors (Lipinski definition) is 0. The summed E-state index contributed by atoms with van der Waals surface area (Å²) in [6.07, 6.45) is 6.79. The van der Waals surface area contributed by atoms with Gasteiger partial charge in [0.15, 0.2) is 0 Å². The van der Waals surface area contributed by atoms with E-state index < -0.39 is 0 Å². The number of carbonyl (C=O) groups excluding carboxylic acids is 1. The van der Waals surface area contributed by atoms with Gasteiger partial charge < -0.3 is 9.32 Å². The third kappa shape index (κ3) is 3.69. The molecule has 1 aliphatic rings. The molecule has 4 heteroatoms. The predicted molar refractivity (Wildman–Crippen MR) is 91.3 cm³/mol. The summed E-state index contributed by atoms with van der Waals surface area (Å²) in [6.45, 7) is 1.73. The lowest BCUT2D eigenvalue weighted by Crippen LogP contribution is -2.34. The van der Waals surface area contributed by atoms with E-state index in [1.807, 2.05) is 41.3 Å². The van der Waals surface area contributed by atoms with Crippen molar-refractivity contribution >= 4 is 27.9 Å². The first-order valence-corrected chi connectivity index (χ1v) is 8.34. The highest BCUT2D eigenvalue weighted by Gasteiger charge is 2.13. The van der Waals surface area contributed by atoms with Crippen molar-refractivity contribution in [3.8, 4) is 11.3 Å². The molecule has 2 aromatic rings. The van der Waals surface area contributed by atoms with Crippen LogP contribution in [0.4, 0.5) is 0 Å². The summed E-state index contributed by atoms with van der Waals surface area (Å²) in [4.78, 5) is 14.0. The van der Waals surface area contributed by atoms with E-state index in [4.69, 9.17) is 4.42 Å². The highest BCUT2D eigenvalue weighted by atomic mass is 79.9. The van der Waals surface area contributed by atoms with E-state index in [1.165, 1.54) is 6.42 Å². The van der Waals surface area contributed by atoms with Gasteiger partial charge in [0, 0.05) is 29.2 Å². The summed E-state index contributed by atoms with van der Waals surface area (Å²) in [5.41, 5.74) is 1.02. The SMILES string of the molecule is O=C(/C=C/c1ccc(-c2ccc(Br)cc2)o1)N1CCCCC1. The van der Waals surface area contributed by atoms with Crippen LogP contribution in [-0.4, -0.2) is 23.9 Å². The largest absolute Gasteiger partial charge is 0.457 e. The zero-order valence-corrected chi connectivity index (χ0v) is 13.9. The Hall–Kier alpha value is -1.81. The molecule has 1 aromatic heterocycles. The van der Waals surface area contributed by atoms with Gasteiger partial charge >= 0.3 is 0 Å². The van der Waals surface area contributed by atoms with Crippen molar-refractivity contribution in [3.63, 3.8) is 0 Å². The Morgan fingerprint density at radius 2 is 1.77 bits per heavy atom. The van der Waals surface area contributed by atoms with Crippen LogP contribution in [0.25, 0.3) is 17.4 Å². The maximum absolute atomic E-state index is 12.1. The standard InChI is InChI=1S/C18H18BrNO2/c19-15-6-4-14(5-7-15)17-10-8-16(22-17)9-11-18(21)20-12-2-1-3-13-20/h4-11H,1-3,12-13H2/b11-9+. The number of hydrogen-bond acceptors (Lipinski definition) is 2. The molecule has 1 saturated heterocycles. The molecule has 3 nitrogen and oxygen atoms in total. The van der Waals surface area contributed by atoms with Crippen molar-refractivity contribution in [2.45, 2.75) is 19.3 Å². The zero-order valence-electron chi connectivity index (χ0n) is 12.3. The summed E-state index contributed by atoms with van der Waals surface area (Å²) in [6, 6.07) is 11.8. The molecular formula is C18H18BrNO2. The van der Waals surface area contributed by atoms with Crippen molar-refractivity contribution in [1.29, 1.82) is 0 Å². The Kier molecular flexibility index (Phi) is 4.78. The zero-order chi connectivity index (χ0) is 15.4. The molecule has 3 rings (SSSR count). The van der Waals surface area contributed by atoms with Gasteiger partial charge in [0.1, 0.15) is 11.5 Å². The molecule has 0 radical (unpaired) electrons. The summed E-state index contributed by atoms with van der Waals surface area (Å²) in [7, 11) is 0. The van der Waals surface area contributed by atoms with Crippen LogP contribution in [0, 0.1) is 0 Å². The molecule has 0 spiro atoms. The first-order valence-electron chi connectivity index (χ1n) is 7.55. The summed E-state index contributed by atoms with van der Waals surface area (Å²) >= 11 is 3.42. The van der Waals surface area contributed by atoms with Gasteiger partial charge in [-0.3, -0.25) is 4.79 Å². The first-order chi connectivity index (χ1) is 10.7. The number of likely N-dealkylation sites (tertiary alicyclic amines) is 1. The second-order valence-electron chi connectivity index (χ2n) is 5.43. The molecule has 0 unspecified atom stereocenters. The predicted octanol–water partition coefficient (Wildman–Crippen LogP) is 4.73. The van der Waals surface area contributed by atoms with Crippen LogP contribution in [0.1, 0.15) is 25.0 Å². The van der Waals surface area contributed by atoms with Crippen molar-refractivity contribution in [2.75, 3.05) is 13.1 Å². The van der Waals surface area contributed by atoms with Gasteiger partial charge in [-0.15, -0.1) is 0 Å². The van der Waals surface area contributed by atoms with Crippen LogP contribution in [0.2, 0.25) is 0 Å². The van der Waals surface area contributed by atoms with Crippen LogP contribution in [-0.2, 0) is 4.79 Å². The second-order valence-corrected chi connectivity index (χ2v) is 6.34. The summed E-state index contributed by atoms with van der Waals surface area (Å²) < 4.78 is 6.81. The van der Waals surface area contributed by atoms with Gasteiger partial charge in [0.2, 0.25) is 5.91 Å². The van der Waals surface area contributed by atoms with Gasteiger partial charge in [-0.05, 0) is 49.6 Å². The average molecular weight is 360 g/mol. The molecule has 0 saturated carbocycles. The minimum atomic E-state index is 0.0706. The van der Waals surface area contributed by atoms with Gasteiger partial charge in [-0.2, -0.15) is 0 Å². The number of rotatable bonds is 3. The van der Waals surface area contributed by atoms with Crippen molar-refractivity contribution in [1.82, 2.24) is 4.90 Å². The molecule has 22 heavy (non-hydrogen) atoms. The Morgan fingerprint density at radius 1 is 1.05 bits per heavy atom. The lowest BCUT2D eigenvalue weighted by atomic mass is 10.1. The molecule has 0 atom stereocenters. The Bertz CT molecular complexity index is 667. The molecule has 1 amide bonds. The molecule has 1 aromatic carbocycles. The van der Waals surface area contributed by atoms with Gasteiger partial charge in [0.25, 0.3) is 0 Å². The van der Waals surface area contributed by atoms with Crippen molar-refractivity contribution in [2.24, 2.45) is 0 Å². The highest BCUT2D eigenvalue weighted by molar-refractivity contribution is 9.10. The van der Waals surface area contributed by atoms with Gasteiger partial charge in [-0.1, -0.05) is 28.1 Å². The molecule has 1 fully saturated rings. The maximum atomic E-state index is 12.1. The van der Waals surface area contributed by atoms with Gasteiger partial charge in [0.05, 0.1) is 0 Å². The van der Waals surface area contributed by atoms with Crippen LogP contribution in [0.15, 0.2) is 51.4 Å². The summed E-state index contributed by atoms with van der Waals surface area (Å²) in [5.74, 6) is 1.57. The highest BCUT2D eigenvalue weighted by Crippen LogP contribution is 2.24. The normalized spacial score (nSPS) is 15.4. The fourth-order valence-corrected chi connectivity index (χ4v) is 2.85. The van der Waals surface area contributed by atoms with E-state index in [-0.39, 0.29) is 5.91 Å². The topological polar surface area (TPSA) is 33.5 Å². The monoisotopic (exact) mass is 359 g/mol. The fraction of sp³-hybridized carbons (Fsp3) is 0.278. The summed E-state index contributed by atoms with van der Waals surface area (Å²) in [5, 5.41) is 0. The van der Waals surface area contributed by atoms with Gasteiger partial charge in [-0.25, -0.2) is 0 Å². The second kappa shape index (κ2) is 6.97. The number of piperidine rings is 1. The van der Waals surface area contributed by atoms with E-state index >= 15 is 0 Å². The quantitative estimate of drug-likeness (QED) is 0.741. The number of furan rings is 1. The Balaban J connectivity index is 1.67. The molecule has 0 aliphatic carbocycles. The van der Waals surface area contributed by atoms with E-state index in [0.29, 0.717) is 5.76 Å². The van der Waals surface area contributed by atoms with Crippen LogP contribution in [0.5, 0.6) is 0 Å². The minimum Gasteiger partial charge on any atom is -0.457 e. The van der Waals surface area contributed by atoms with Crippen LogP contribution >= 0.6 is 15.9 Å². The van der Waals surface area contributed by atoms with Crippen LogP contribution < -0.4 is 0 Å². The maximum Gasteiger partial charge on any atom is 0.246 e. The van der Waals surface area contributed by atoms with E-state index in [0.717, 1.165) is 41.7 Å². The number of amides is 1. The first kappa shape index (κ1) is 15.1. The Morgan fingerprint density at radius 3 is 2.50 bits per heavy atom. The Labute approximate surface area is 138 Å². The van der Waals surface area contributed by atoms with E-state index in [1.54, 1.807) is 12.2 Å². The number of halogens is 1. The fourth-order valence-electron chi connectivity index (χ4n) is 2.58. The van der Waals surface area contributed by atoms with Crippen molar-refractivity contribution in [3.05, 3.63) is 52.7 Å². The number of nitrogens with zero attached hydrogens (tertiary/aromatic N) is 1. The smallest absolute Gasteiger partial charge is 0.246 e. The molecular weight excluding hydrogens is 342 g/mol. The van der Waals surface area contributed by atoms with Crippen LogP contribution in [0.3, 0.4) is 0 Å². The molecule has 1 aliphatic heterocycles. The minimum absolute atomic E-state index is 0.0706. The molecule has 0 bridgehead atoms. The molecule has 0 N–H and O–H groups in total. The average Bonchev–Trinajstić information content (AvgIpc) is 3.03. The molecule has 114 valence electrons. The third-order valence-corrected chi connectivity index (χ3v) is 4.34. The third-order valence-electron chi connectivity index (χ3n) is 3.81. The lowest BCUT2D eigenvalue weighted by Gasteiger charge is -2.25. The lowest BCUT2D eigenvalue weighted by molar-refractivity contribution is -0.126. The number of carbonyl (C=O) groups is 1.